The van der Waals surface area contributed by atoms with E-state index in [1.807, 2.05) is 44.6 Å². The highest BCUT2D eigenvalue weighted by atomic mass is 16.2. The van der Waals surface area contributed by atoms with Crippen molar-refractivity contribution >= 4 is 17.8 Å². The van der Waals surface area contributed by atoms with Crippen LogP contribution in [0.2, 0.25) is 0 Å². The minimum absolute atomic E-state index is 0.0228. The van der Waals surface area contributed by atoms with Gasteiger partial charge in [0, 0.05) is 51.9 Å². The summed E-state index contributed by atoms with van der Waals surface area (Å²) in [6, 6.07) is 7.61. The highest BCUT2D eigenvalue weighted by Gasteiger charge is 2.39. The number of imide groups is 1. The maximum Gasteiger partial charge on any atom is 0.327 e. The van der Waals surface area contributed by atoms with E-state index in [2.05, 4.69) is 11.2 Å². The van der Waals surface area contributed by atoms with Gasteiger partial charge in [-0.3, -0.25) is 19.2 Å². The highest BCUT2D eigenvalue weighted by Crippen LogP contribution is 2.33. The zero-order chi connectivity index (χ0) is 19.8. The first-order valence-electron chi connectivity index (χ1n) is 9.45. The van der Waals surface area contributed by atoms with Gasteiger partial charge in [0.1, 0.15) is 0 Å². The number of urea groups is 1. The van der Waals surface area contributed by atoms with Crippen molar-refractivity contribution in [2.24, 2.45) is 7.05 Å². The fraction of sp³-hybridized carbons (Fsp3) is 0.400. The maximum atomic E-state index is 13.1. The quantitative estimate of drug-likeness (QED) is 0.732. The van der Waals surface area contributed by atoms with Crippen molar-refractivity contribution in [1.29, 1.82) is 0 Å². The number of hydrogen-bond donors (Lipinski definition) is 0. The fourth-order valence-electron chi connectivity index (χ4n) is 3.99. The summed E-state index contributed by atoms with van der Waals surface area (Å²) in [5, 5.41) is 4.26. The molecule has 0 radical (unpaired) electrons. The predicted octanol–water partition coefficient (Wildman–Crippen LogP) is 1.18. The summed E-state index contributed by atoms with van der Waals surface area (Å²) < 4.78 is 1.74. The summed E-state index contributed by atoms with van der Waals surface area (Å²) in [7, 11) is 1.86. The van der Waals surface area contributed by atoms with Crippen molar-refractivity contribution in [1.82, 2.24) is 24.5 Å². The normalized spacial score (nSPS) is 19.8. The summed E-state index contributed by atoms with van der Waals surface area (Å²) in [6.07, 6.45) is 3.76. The number of amides is 4. The van der Waals surface area contributed by atoms with Crippen LogP contribution in [0.5, 0.6) is 0 Å². The molecule has 0 saturated carbocycles. The van der Waals surface area contributed by atoms with E-state index in [0.717, 1.165) is 21.6 Å². The Labute approximate surface area is 163 Å². The van der Waals surface area contributed by atoms with Gasteiger partial charge in [-0.15, -0.1) is 0 Å². The second kappa shape index (κ2) is 7.10. The lowest BCUT2D eigenvalue weighted by Gasteiger charge is -2.39. The predicted molar refractivity (Wildman–Crippen MR) is 101 cm³/mol. The molecule has 8 nitrogen and oxygen atoms in total. The molecule has 28 heavy (non-hydrogen) atoms. The third kappa shape index (κ3) is 3.04. The zero-order valence-corrected chi connectivity index (χ0v) is 16.0. The average molecular weight is 381 g/mol. The number of hydrogen-bond acceptors (Lipinski definition) is 4. The Morgan fingerprint density at radius 3 is 2.68 bits per heavy atom. The van der Waals surface area contributed by atoms with E-state index in [4.69, 9.17) is 0 Å². The van der Waals surface area contributed by atoms with E-state index < -0.39 is 17.8 Å². The Bertz CT molecular complexity index is 937. The van der Waals surface area contributed by atoms with Crippen LogP contribution in [-0.4, -0.2) is 68.5 Å². The van der Waals surface area contributed by atoms with Crippen LogP contribution in [0, 0.1) is 0 Å². The van der Waals surface area contributed by atoms with Gasteiger partial charge >= 0.3 is 17.8 Å². The van der Waals surface area contributed by atoms with Gasteiger partial charge in [0.25, 0.3) is 0 Å². The van der Waals surface area contributed by atoms with Crippen molar-refractivity contribution in [3.63, 3.8) is 0 Å². The monoisotopic (exact) mass is 381 g/mol. The maximum absolute atomic E-state index is 13.1. The van der Waals surface area contributed by atoms with E-state index in [1.165, 1.54) is 4.90 Å². The largest absolute Gasteiger partial charge is 0.333 e. The first kappa shape index (κ1) is 18.2. The number of aromatic nitrogens is 2. The van der Waals surface area contributed by atoms with Gasteiger partial charge in [-0.05, 0) is 23.6 Å². The summed E-state index contributed by atoms with van der Waals surface area (Å²) in [4.78, 5) is 42.0. The van der Waals surface area contributed by atoms with E-state index in [-0.39, 0.29) is 12.5 Å². The molecule has 1 unspecified atom stereocenters. The van der Waals surface area contributed by atoms with Crippen molar-refractivity contribution in [3.05, 3.63) is 53.3 Å². The Morgan fingerprint density at radius 2 is 1.96 bits per heavy atom. The minimum atomic E-state index is -0.741. The molecule has 2 aliphatic heterocycles. The molecule has 2 aromatic rings. The lowest BCUT2D eigenvalue weighted by Crippen LogP contribution is -2.59. The Kier molecular flexibility index (Phi) is 4.62. The molecule has 1 atom stereocenters. The van der Waals surface area contributed by atoms with Crippen molar-refractivity contribution < 1.29 is 14.4 Å². The average Bonchev–Trinajstić information content (AvgIpc) is 3.14. The number of fused-ring (bicyclic) bond motifs is 1. The Hall–Kier alpha value is -3.16. The third-order valence-corrected chi connectivity index (χ3v) is 5.51. The van der Waals surface area contributed by atoms with E-state index in [1.54, 1.807) is 9.58 Å². The molecule has 8 heteroatoms. The van der Waals surface area contributed by atoms with Crippen molar-refractivity contribution in [2.45, 2.75) is 19.4 Å². The van der Waals surface area contributed by atoms with Gasteiger partial charge < -0.3 is 9.80 Å². The number of carbonyl (C=O) groups excluding carboxylic acids is 3. The van der Waals surface area contributed by atoms with Gasteiger partial charge in [-0.25, -0.2) is 4.79 Å². The molecule has 1 aromatic heterocycles. The molecule has 3 heterocycles. The van der Waals surface area contributed by atoms with Crippen LogP contribution < -0.4 is 0 Å². The Balaban J connectivity index is 1.61. The van der Waals surface area contributed by atoms with Gasteiger partial charge in [-0.1, -0.05) is 24.3 Å². The highest BCUT2D eigenvalue weighted by molar-refractivity contribution is 6.38. The molecule has 4 amide bonds. The van der Waals surface area contributed by atoms with Gasteiger partial charge in [-0.2, -0.15) is 5.10 Å². The van der Waals surface area contributed by atoms with Crippen LogP contribution in [0.3, 0.4) is 0 Å². The first-order valence-corrected chi connectivity index (χ1v) is 9.45. The van der Waals surface area contributed by atoms with Gasteiger partial charge in [0.2, 0.25) is 0 Å². The number of aryl methyl sites for hydroxylation is 1. The SMILES string of the molecule is CCN1CCN(C(=O)N2Cc3ccccc3C(c3cnn(C)c3)C2)C(=O)C1=O. The summed E-state index contributed by atoms with van der Waals surface area (Å²) in [6.45, 7) is 3.75. The minimum Gasteiger partial charge on any atom is -0.333 e. The Morgan fingerprint density at radius 1 is 1.18 bits per heavy atom. The molecule has 1 aromatic carbocycles. The molecule has 1 saturated heterocycles. The molecule has 0 N–H and O–H groups in total. The molecule has 4 rings (SSSR count). The number of nitrogens with zero attached hydrogens (tertiary/aromatic N) is 5. The van der Waals surface area contributed by atoms with E-state index in [0.29, 0.717) is 26.2 Å². The second-order valence-electron chi connectivity index (χ2n) is 7.20. The van der Waals surface area contributed by atoms with Crippen LogP contribution in [0.15, 0.2) is 36.7 Å². The van der Waals surface area contributed by atoms with Crippen LogP contribution in [0.1, 0.15) is 29.5 Å². The fourth-order valence-corrected chi connectivity index (χ4v) is 3.99. The van der Waals surface area contributed by atoms with E-state index >= 15 is 0 Å². The number of carbonyl (C=O) groups is 3. The zero-order valence-electron chi connectivity index (χ0n) is 16.0. The molecule has 1 fully saturated rings. The lowest BCUT2D eigenvalue weighted by atomic mass is 9.86. The molecule has 146 valence electrons. The second-order valence-corrected chi connectivity index (χ2v) is 7.20. The summed E-state index contributed by atoms with van der Waals surface area (Å²) >= 11 is 0. The van der Waals surface area contributed by atoms with Crippen molar-refractivity contribution in [3.8, 4) is 0 Å². The molecule has 0 bridgehead atoms. The van der Waals surface area contributed by atoms with Crippen molar-refractivity contribution in [2.75, 3.05) is 26.2 Å². The van der Waals surface area contributed by atoms with Crippen LogP contribution in [0.25, 0.3) is 0 Å². The van der Waals surface area contributed by atoms with Gasteiger partial charge in [0.15, 0.2) is 0 Å². The lowest BCUT2D eigenvalue weighted by molar-refractivity contribution is -0.153. The summed E-state index contributed by atoms with van der Waals surface area (Å²) in [5.41, 5.74) is 3.23. The number of benzene rings is 1. The topological polar surface area (TPSA) is 78.8 Å². The van der Waals surface area contributed by atoms with Gasteiger partial charge in [0.05, 0.1) is 6.20 Å². The smallest absolute Gasteiger partial charge is 0.327 e. The molecular formula is C20H23N5O3. The number of likely N-dealkylation sites (N-methyl/N-ethyl adjacent to an activating group) is 1. The van der Waals surface area contributed by atoms with Crippen LogP contribution in [0.4, 0.5) is 4.79 Å². The van der Waals surface area contributed by atoms with Crippen LogP contribution in [-0.2, 0) is 23.2 Å². The standard InChI is InChI=1S/C20H23N5O3/c1-3-23-8-9-25(19(27)18(23)26)20(28)24-12-14-6-4-5-7-16(14)17(13-24)15-10-21-22(2)11-15/h4-7,10-11,17H,3,8-9,12-13H2,1-2H3. The molecular weight excluding hydrogens is 358 g/mol. The van der Waals surface area contributed by atoms with Crippen LogP contribution >= 0.6 is 0 Å². The molecule has 0 aliphatic carbocycles. The number of piperazine rings is 1. The number of rotatable bonds is 2. The molecule has 0 spiro atoms. The van der Waals surface area contributed by atoms with E-state index in [9.17, 15) is 14.4 Å². The first-order chi connectivity index (χ1) is 13.5. The third-order valence-electron chi connectivity index (χ3n) is 5.51. The summed E-state index contributed by atoms with van der Waals surface area (Å²) in [5.74, 6) is -1.37. The molecule has 2 aliphatic rings.